The topological polar surface area (TPSA) is 34.2 Å². The third kappa shape index (κ3) is 1.99. The van der Waals surface area contributed by atoms with Gasteiger partial charge in [-0.05, 0) is 12.1 Å². The van der Waals surface area contributed by atoms with Crippen LogP contribution in [0.1, 0.15) is 0 Å². The summed E-state index contributed by atoms with van der Waals surface area (Å²) in [5, 5.41) is 3.06. The number of pyridine rings is 1. The van der Waals surface area contributed by atoms with Crippen LogP contribution in [0.15, 0.2) is 31.0 Å². The first kappa shape index (κ1) is 8.59. The maximum Gasteiger partial charge on any atom is 0.168 e. The van der Waals surface area contributed by atoms with Crippen LogP contribution in [-0.2, 0) is 0 Å². The third-order valence-electron chi connectivity index (χ3n) is 1.40. The molecular formula is C9H12N2O. The van der Waals surface area contributed by atoms with Crippen LogP contribution in [0.3, 0.4) is 0 Å². The van der Waals surface area contributed by atoms with Gasteiger partial charge in [-0.2, -0.15) is 0 Å². The summed E-state index contributed by atoms with van der Waals surface area (Å²) in [5.74, 6) is 1.50. The van der Waals surface area contributed by atoms with Gasteiger partial charge in [-0.3, -0.25) is 0 Å². The summed E-state index contributed by atoms with van der Waals surface area (Å²) in [6, 6.07) is 3.69. The molecule has 0 unspecified atom stereocenters. The molecule has 0 aliphatic heterocycles. The Hall–Kier alpha value is -1.51. The van der Waals surface area contributed by atoms with E-state index in [1.165, 1.54) is 0 Å². The highest BCUT2D eigenvalue weighted by atomic mass is 16.5. The van der Waals surface area contributed by atoms with Gasteiger partial charge in [-0.25, -0.2) is 4.98 Å². The lowest BCUT2D eigenvalue weighted by Crippen LogP contribution is -2.01. The third-order valence-corrected chi connectivity index (χ3v) is 1.40. The standard InChI is InChI=1S/C9H12N2O/c1-3-6-10-9-8(12-2)5-4-7-11-9/h3-5,7H,1,6H2,2H3,(H,10,11). The molecule has 0 radical (unpaired) electrons. The van der Waals surface area contributed by atoms with Gasteiger partial charge >= 0.3 is 0 Å². The van der Waals surface area contributed by atoms with E-state index in [4.69, 9.17) is 4.74 Å². The van der Waals surface area contributed by atoms with Crippen molar-refractivity contribution in [2.24, 2.45) is 0 Å². The summed E-state index contributed by atoms with van der Waals surface area (Å²) in [7, 11) is 1.62. The number of hydrogen-bond acceptors (Lipinski definition) is 3. The minimum atomic E-state index is 0.688. The van der Waals surface area contributed by atoms with Crippen LogP contribution >= 0.6 is 0 Å². The Labute approximate surface area is 72.1 Å². The molecule has 0 amide bonds. The van der Waals surface area contributed by atoms with Gasteiger partial charge in [0, 0.05) is 12.7 Å². The van der Waals surface area contributed by atoms with Crippen LogP contribution in [-0.4, -0.2) is 18.6 Å². The van der Waals surface area contributed by atoms with Gasteiger partial charge in [0.05, 0.1) is 7.11 Å². The molecule has 64 valence electrons. The van der Waals surface area contributed by atoms with Gasteiger partial charge in [0.15, 0.2) is 11.6 Å². The van der Waals surface area contributed by atoms with E-state index in [-0.39, 0.29) is 0 Å². The number of aromatic nitrogens is 1. The number of hydrogen-bond donors (Lipinski definition) is 1. The smallest absolute Gasteiger partial charge is 0.168 e. The van der Waals surface area contributed by atoms with Crippen molar-refractivity contribution in [1.29, 1.82) is 0 Å². The fourth-order valence-corrected chi connectivity index (χ4v) is 0.857. The molecule has 0 saturated heterocycles. The molecule has 0 fully saturated rings. The minimum absolute atomic E-state index is 0.688. The maximum absolute atomic E-state index is 5.08. The van der Waals surface area contributed by atoms with Crippen molar-refractivity contribution in [2.75, 3.05) is 19.0 Å². The molecule has 0 spiro atoms. The number of methoxy groups -OCH3 is 1. The van der Waals surface area contributed by atoms with Crippen LogP contribution in [0, 0.1) is 0 Å². The number of nitrogens with one attached hydrogen (secondary N) is 1. The Kier molecular flexibility index (Phi) is 3.14. The molecule has 1 rings (SSSR count). The summed E-state index contributed by atoms with van der Waals surface area (Å²) in [6.07, 6.45) is 3.49. The molecule has 0 aromatic carbocycles. The normalized spacial score (nSPS) is 9.08. The van der Waals surface area contributed by atoms with Crippen molar-refractivity contribution < 1.29 is 4.74 Å². The van der Waals surface area contributed by atoms with E-state index in [1.54, 1.807) is 19.4 Å². The van der Waals surface area contributed by atoms with E-state index in [9.17, 15) is 0 Å². The first-order valence-electron chi connectivity index (χ1n) is 3.72. The minimum Gasteiger partial charge on any atom is -0.493 e. The molecule has 0 aliphatic rings. The number of rotatable bonds is 4. The molecule has 0 aliphatic carbocycles. The SMILES string of the molecule is C=CCNc1ncccc1OC. The van der Waals surface area contributed by atoms with E-state index in [0.717, 1.165) is 11.6 Å². The fraction of sp³-hybridized carbons (Fsp3) is 0.222. The molecule has 1 heterocycles. The molecule has 3 heteroatoms. The number of nitrogens with zero attached hydrogens (tertiary/aromatic N) is 1. The van der Waals surface area contributed by atoms with Crippen molar-refractivity contribution in [1.82, 2.24) is 4.98 Å². The Bertz CT molecular complexity index is 260. The Morgan fingerprint density at radius 2 is 2.58 bits per heavy atom. The van der Waals surface area contributed by atoms with Crippen molar-refractivity contribution in [3.8, 4) is 5.75 Å². The molecular weight excluding hydrogens is 152 g/mol. The van der Waals surface area contributed by atoms with Crippen LogP contribution < -0.4 is 10.1 Å². The Morgan fingerprint density at radius 3 is 3.25 bits per heavy atom. The molecule has 0 bridgehead atoms. The van der Waals surface area contributed by atoms with Crippen molar-refractivity contribution in [3.05, 3.63) is 31.0 Å². The predicted octanol–water partition coefficient (Wildman–Crippen LogP) is 1.69. The summed E-state index contributed by atoms with van der Waals surface area (Å²) >= 11 is 0. The molecule has 1 aromatic heterocycles. The molecule has 1 N–H and O–H groups in total. The molecule has 12 heavy (non-hydrogen) atoms. The second kappa shape index (κ2) is 4.38. The van der Waals surface area contributed by atoms with E-state index >= 15 is 0 Å². The van der Waals surface area contributed by atoms with E-state index < -0.39 is 0 Å². The van der Waals surface area contributed by atoms with E-state index in [1.807, 2.05) is 12.1 Å². The first-order chi connectivity index (χ1) is 5.88. The Morgan fingerprint density at radius 1 is 1.75 bits per heavy atom. The van der Waals surface area contributed by atoms with Gasteiger partial charge in [0.2, 0.25) is 0 Å². The fourth-order valence-electron chi connectivity index (χ4n) is 0.857. The van der Waals surface area contributed by atoms with Gasteiger partial charge in [0.1, 0.15) is 0 Å². The summed E-state index contributed by atoms with van der Waals surface area (Å²) in [5.41, 5.74) is 0. The van der Waals surface area contributed by atoms with E-state index in [2.05, 4.69) is 16.9 Å². The number of anilines is 1. The summed E-state index contributed by atoms with van der Waals surface area (Å²) < 4.78 is 5.08. The lowest BCUT2D eigenvalue weighted by atomic mass is 10.4. The zero-order valence-electron chi connectivity index (χ0n) is 7.08. The first-order valence-corrected chi connectivity index (χ1v) is 3.72. The summed E-state index contributed by atoms with van der Waals surface area (Å²) in [6.45, 7) is 4.29. The van der Waals surface area contributed by atoms with Gasteiger partial charge < -0.3 is 10.1 Å². The average molecular weight is 164 g/mol. The molecule has 0 atom stereocenters. The second-order valence-electron chi connectivity index (χ2n) is 2.22. The molecule has 3 nitrogen and oxygen atoms in total. The zero-order chi connectivity index (χ0) is 8.81. The zero-order valence-corrected chi connectivity index (χ0v) is 7.08. The van der Waals surface area contributed by atoms with Crippen molar-refractivity contribution >= 4 is 5.82 Å². The van der Waals surface area contributed by atoms with Gasteiger partial charge in [-0.1, -0.05) is 6.08 Å². The Balaban J connectivity index is 2.74. The highest BCUT2D eigenvalue weighted by Gasteiger charge is 1.99. The average Bonchev–Trinajstić information content (AvgIpc) is 2.15. The predicted molar refractivity (Wildman–Crippen MR) is 49.5 cm³/mol. The molecule has 0 saturated carbocycles. The van der Waals surface area contributed by atoms with E-state index in [0.29, 0.717) is 6.54 Å². The second-order valence-corrected chi connectivity index (χ2v) is 2.22. The maximum atomic E-state index is 5.08. The van der Waals surface area contributed by atoms with Crippen LogP contribution in [0.25, 0.3) is 0 Å². The van der Waals surface area contributed by atoms with Crippen molar-refractivity contribution in [2.45, 2.75) is 0 Å². The van der Waals surface area contributed by atoms with Gasteiger partial charge in [0.25, 0.3) is 0 Å². The van der Waals surface area contributed by atoms with Crippen LogP contribution in [0.5, 0.6) is 5.75 Å². The van der Waals surface area contributed by atoms with Crippen molar-refractivity contribution in [3.63, 3.8) is 0 Å². The van der Waals surface area contributed by atoms with Crippen LogP contribution in [0.2, 0.25) is 0 Å². The molecule has 1 aromatic rings. The monoisotopic (exact) mass is 164 g/mol. The largest absolute Gasteiger partial charge is 0.493 e. The lowest BCUT2D eigenvalue weighted by molar-refractivity contribution is 0.415. The quantitative estimate of drug-likeness (QED) is 0.687. The van der Waals surface area contributed by atoms with Gasteiger partial charge in [-0.15, -0.1) is 6.58 Å². The summed E-state index contributed by atoms with van der Waals surface area (Å²) in [4.78, 5) is 4.10. The highest BCUT2D eigenvalue weighted by molar-refractivity contribution is 5.49. The highest BCUT2D eigenvalue weighted by Crippen LogP contribution is 2.19. The number of ether oxygens (including phenoxy) is 1. The van der Waals surface area contributed by atoms with Crippen LogP contribution in [0.4, 0.5) is 5.82 Å². The lowest BCUT2D eigenvalue weighted by Gasteiger charge is -2.06.